The van der Waals surface area contributed by atoms with Crippen molar-refractivity contribution >= 4 is 75.6 Å². The maximum Gasteiger partial charge on any atom is 0.306 e. The second-order valence-electron chi connectivity index (χ2n) is 5.46. The molecule has 2 rings (SSSR count). The van der Waals surface area contributed by atoms with Crippen LogP contribution in [0.1, 0.15) is 12.8 Å². The second kappa shape index (κ2) is 10.5. The third-order valence-electron chi connectivity index (χ3n) is 3.37. The summed E-state index contributed by atoms with van der Waals surface area (Å²) >= 11 is 23.6. The number of hydrogen-bond acceptors (Lipinski definition) is 4. The number of amides is 2. The Kier molecular flexibility index (Phi) is 8.38. The van der Waals surface area contributed by atoms with Crippen molar-refractivity contribution < 1.29 is 19.1 Å². The summed E-state index contributed by atoms with van der Waals surface area (Å²) in [5, 5.41) is 5.98. The first-order chi connectivity index (χ1) is 13.3. The Balaban J connectivity index is 1.75. The number of hydrogen-bond donors (Lipinski definition) is 2. The lowest BCUT2D eigenvalue weighted by molar-refractivity contribution is -0.147. The number of ether oxygens (including phenoxy) is 1. The van der Waals surface area contributed by atoms with E-state index in [2.05, 4.69) is 10.6 Å². The molecule has 0 aromatic heterocycles. The van der Waals surface area contributed by atoms with E-state index in [0.29, 0.717) is 16.4 Å². The summed E-state index contributed by atoms with van der Waals surface area (Å²) in [6, 6.07) is 9.53. The number of halogens is 4. The molecule has 2 amide bonds. The number of nitrogens with one attached hydrogen (secondary N) is 2. The first-order valence-electron chi connectivity index (χ1n) is 7.91. The van der Waals surface area contributed by atoms with Crippen LogP contribution >= 0.6 is 46.4 Å². The number of benzene rings is 2. The van der Waals surface area contributed by atoms with Gasteiger partial charge in [-0.2, -0.15) is 0 Å². The van der Waals surface area contributed by atoms with Gasteiger partial charge in [-0.25, -0.2) is 0 Å². The monoisotopic (exact) mass is 462 g/mol. The zero-order chi connectivity index (χ0) is 20.7. The summed E-state index contributed by atoms with van der Waals surface area (Å²) in [6.07, 6.45) is -0.362. The topological polar surface area (TPSA) is 84.5 Å². The molecule has 148 valence electrons. The number of esters is 1. The Labute approximate surface area is 181 Å². The first-order valence-corrected chi connectivity index (χ1v) is 9.42. The van der Waals surface area contributed by atoms with Gasteiger partial charge in [0.2, 0.25) is 5.91 Å². The van der Waals surface area contributed by atoms with Crippen LogP contribution in [-0.2, 0) is 19.1 Å². The van der Waals surface area contributed by atoms with Gasteiger partial charge >= 0.3 is 5.97 Å². The number of carbonyl (C=O) groups excluding carboxylic acids is 3. The van der Waals surface area contributed by atoms with Gasteiger partial charge in [-0.05, 0) is 24.3 Å². The van der Waals surface area contributed by atoms with E-state index in [4.69, 9.17) is 51.1 Å². The van der Waals surface area contributed by atoms with Gasteiger partial charge in [-0.15, -0.1) is 0 Å². The number of rotatable bonds is 7. The molecule has 0 spiro atoms. The zero-order valence-electron chi connectivity index (χ0n) is 14.2. The smallest absolute Gasteiger partial charge is 0.306 e. The van der Waals surface area contributed by atoms with Crippen molar-refractivity contribution in [1.29, 1.82) is 0 Å². The highest BCUT2D eigenvalue weighted by Gasteiger charge is 2.13. The molecule has 0 fully saturated rings. The van der Waals surface area contributed by atoms with Crippen LogP contribution in [0.2, 0.25) is 20.1 Å². The Morgan fingerprint density at radius 1 is 0.750 bits per heavy atom. The second-order valence-corrected chi connectivity index (χ2v) is 7.03. The van der Waals surface area contributed by atoms with Crippen molar-refractivity contribution in [1.82, 2.24) is 0 Å². The Hall–Kier alpha value is -1.99. The third-order valence-corrected chi connectivity index (χ3v) is 5.01. The van der Waals surface area contributed by atoms with Crippen LogP contribution in [0, 0.1) is 0 Å². The summed E-state index contributed by atoms with van der Waals surface area (Å²) in [6.45, 7) is -0.524. The molecular weight excluding hydrogens is 450 g/mol. The van der Waals surface area contributed by atoms with E-state index < -0.39 is 24.4 Å². The molecule has 0 atom stereocenters. The van der Waals surface area contributed by atoms with E-state index in [1.807, 2.05) is 0 Å². The van der Waals surface area contributed by atoms with Crippen LogP contribution in [0.15, 0.2) is 36.4 Å². The van der Waals surface area contributed by atoms with Crippen LogP contribution in [0.3, 0.4) is 0 Å². The van der Waals surface area contributed by atoms with Gasteiger partial charge in [0, 0.05) is 6.42 Å². The summed E-state index contributed by atoms with van der Waals surface area (Å²) in [5.74, 6) is -1.75. The highest BCUT2D eigenvalue weighted by Crippen LogP contribution is 2.30. The van der Waals surface area contributed by atoms with Gasteiger partial charge in [0.15, 0.2) is 6.61 Å². The van der Waals surface area contributed by atoms with E-state index in [0.717, 1.165) is 0 Å². The molecule has 0 saturated heterocycles. The van der Waals surface area contributed by atoms with Crippen molar-refractivity contribution in [2.24, 2.45) is 0 Å². The SMILES string of the molecule is O=C(CCC(=O)OCC(=O)Nc1cccc(Cl)c1Cl)Nc1cccc(Cl)c1Cl. The van der Waals surface area contributed by atoms with Gasteiger partial charge < -0.3 is 15.4 Å². The van der Waals surface area contributed by atoms with Crippen LogP contribution in [0.25, 0.3) is 0 Å². The minimum absolute atomic E-state index is 0.149. The maximum atomic E-state index is 11.9. The Morgan fingerprint density at radius 2 is 1.25 bits per heavy atom. The van der Waals surface area contributed by atoms with Gasteiger partial charge in [0.25, 0.3) is 5.91 Å². The lowest BCUT2D eigenvalue weighted by Gasteiger charge is -2.09. The van der Waals surface area contributed by atoms with Gasteiger partial charge in [-0.1, -0.05) is 58.5 Å². The molecule has 2 N–H and O–H groups in total. The minimum atomic E-state index is -0.709. The zero-order valence-corrected chi connectivity index (χ0v) is 17.3. The molecule has 0 saturated carbocycles. The summed E-state index contributed by atoms with van der Waals surface area (Å²) in [5.41, 5.74) is 0.637. The molecule has 0 aliphatic rings. The largest absolute Gasteiger partial charge is 0.456 e. The minimum Gasteiger partial charge on any atom is -0.456 e. The summed E-state index contributed by atoms with van der Waals surface area (Å²) in [4.78, 5) is 35.5. The first kappa shape index (κ1) is 22.3. The molecule has 10 heteroatoms. The Bertz CT molecular complexity index is 834. The lowest BCUT2D eigenvalue weighted by atomic mass is 10.2. The molecule has 2 aromatic carbocycles. The molecule has 0 heterocycles. The van der Waals surface area contributed by atoms with E-state index >= 15 is 0 Å². The lowest BCUT2D eigenvalue weighted by Crippen LogP contribution is -2.22. The van der Waals surface area contributed by atoms with Crippen molar-refractivity contribution in [2.45, 2.75) is 12.8 Å². The highest BCUT2D eigenvalue weighted by atomic mass is 35.5. The van der Waals surface area contributed by atoms with Crippen LogP contribution < -0.4 is 10.6 Å². The Morgan fingerprint density at radius 3 is 1.79 bits per heavy atom. The van der Waals surface area contributed by atoms with E-state index in [9.17, 15) is 14.4 Å². The highest BCUT2D eigenvalue weighted by molar-refractivity contribution is 6.44. The van der Waals surface area contributed by atoms with Gasteiger partial charge in [0.1, 0.15) is 0 Å². The molecule has 0 aliphatic heterocycles. The molecule has 2 aromatic rings. The van der Waals surface area contributed by atoms with Crippen molar-refractivity contribution in [3.8, 4) is 0 Å². The van der Waals surface area contributed by atoms with Crippen LogP contribution in [-0.4, -0.2) is 24.4 Å². The maximum absolute atomic E-state index is 11.9. The van der Waals surface area contributed by atoms with Crippen molar-refractivity contribution in [2.75, 3.05) is 17.2 Å². The van der Waals surface area contributed by atoms with Crippen LogP contribution in [0.5, 0.6) is 0 Å². The van der Waals surface area contributed by atoms with Crippen LogP contribution in [0.4, 0.5) is 11.4 Å². The molecule has 6 nitrogen and oxygen atoms in total. The molecule has 0 radical (unpaired) electrons. The van der Waals surface area contributed by atoms with Crippen molar-refractivity contribution in [3.63, 3.8) is 0 Å². The van der Waals surface area contributed by atoms with E-state index in [1.165, 1.54) is 0 Å². The fourth-order valence-corrected chi connectivity index (χ4v) is 2.73. The predicted octanol–water partition coefficient (Wildman–Crippen LogP) is 5.20. The number of anilines is 2. The fraction of sp³-hybridized carbons (Fsp3) is 0.167. The third kappa shape index (κ3) is 6.56. The average molecular weight is 464 g/mol. The van der Waals surface area contributed by atoms with Crippen molar-refractivity contribution in [3.05, 3.63) is 56.5 Å². The quantitative estimate of drug-likeness (QED) is 0.552. The fourth-order valence-electron chi connectivity index (χ4n) is 2.03. The molecule has 0 unspecified atom stereocenters. The summed E-state index contributed by atoms with van der Waals surface area (Å²) < 4.78 is 4.84. The molecular formula is C18H14Cl4N2O4. The van der Waals surface area contributed by atoms with E-state index in [1.54, 1.807) is 36.4 Å². The number of carbonyl (C=O) groups is 3. The summed E-state index contributed by atoms with van der Waals surface area (Å²) in [7, 11) is 0. The predicted molar refractivity (Wildman–Crippen MR) is 110 cm³/mol. The molecule has 28 heavy (non-hydrogen) atoms. The standard InChI is InChI=1S/C18H14Cl4N2O4/c19-10-3-1-5-12(17(10)21)23-14(25)7-8-16(27)28-9-15(26)24-13-6-2-4-11(20)18(13)22/h1-6H,7-9H2,(H,23,25)(H,24,26). The molecule has 0 aliphatic carbocycles. The van der Waals surface area contributed by atoms with E-state index in [-0.39, 0.29) is 27.9 Å². The average Bonchev–Trinajstić information content (AvgIpc) is 2.66. The van der Waals surface area contributed by atoms with Gasteiger partial charge in [0.05, 0.1) is 37.9 Å². The molecule has 0 bridgehead atoms. The normalized spacial score (nSPS) is 10.3. The van der Waals surface area contributed by atoms with Gasteiger partial charge in [-0.3, -0.25) is 14.4 Å².